The highest BCUT2D eigenvalue weighted by molar-refractivity contribution is 8.00. The normalized spacial score (nSPS) is 11.9. The number of thiophene rings is 1. The van der Waals surface area contributed by atoms with Crippen molar-refractivity contribution < 1.29 is 9.53 Å². The molecule has 0 fully saturated rings. The molecule has 0 aliphatic carbocycles. The Morgan fingerprint density at radius 3 is 2.69 bits per heavy atom. The fourth-order valence-corrected chi connectivity index (χ4v) is 4.90. The maximum Gasteiger partial charge on any atom is 0.237 e. The molecule has 0 aliphatic rings. The van der Waals surface area contributed by atoms with E-state index in [-0.39, 0.29) is 5.91 Å². The Bertz CT molecular complexity index is 1240. The van der Waals surface area contributed by atoms with Crippen LogP contribution < -0.4 is 10.1 Å². The van der Waals surface area contributed by atoms with Gasteiger partial charge in [0.1, 0.15) is 5.75 Å². The Labute approximate surface area is 203 Å². The van der Waals surface area contributed by atoms with Crippen molar-refractivity contribution >= 4 is 57.9 Å². The van der Waals surface area contributed by atoms with Gasteiger partial charge in [-0.25, -0.2) is 0 Å². The summed E-state index contributed by atoms with van der Waals surface area (Å²) in [6.45, 7) is 1.80. The van der Waals surface area contributed by atoms with E-state index in [1.54, 1.807) is 43.6 Å². The molecule has 4 rings (SSSR count). The quantitative estimate of drug-likeness (QED) is 0.293. The summed E-state index contributed by atoms with van der Waals surface area (Å²) < 4.78 is 7.47. The van der Waals surface area contributed by atoms with Crippen LogP contribution in [-0.2, 0) is 4.79 Å². The molecule has 0 bridgehead atoms. The fraction of sp³-hybridized carbons (Fsp3) is 0.136. The van der Waals surface area contributed by atoms with Crippen molar-refractivity contribution in [1.82, 2.24) is 14.8 Å². The molecule has 2 aromatic carbocycles. The minimum Gasteiger partial charge on any atom is -0.495 e. The highest BCUT2D eigenvalue weighted by Gasteiger charge is 2.24. The first-order chi connectivity index (χ1) is 15.5. The van der Waals surface area contributed by atoms with E-state index in [4.69, 9.17) is 27.9 Å². The number of thioether (sulfide) groups is 1. The van der Waals surface area contributed by atoms with Crippen molar-refractivity contribution in [3.63, 3.8) is 0 Å². The summed E-state index contributed by atoms with van der Waals surface area (Å²) in [5.74, 6) is 1.12. The van der Waals surface area contributed by atoms with Crippen LogP contribution in [-0.4, -0.2) is 33.0 Å². The second kappa shape index (κ2) is 9.95. The van der Waals surface area contributed by atoms with Gasteiger partial charge in [0.2, 0.25) is 5.91 Å². The molecule has 0 radical (unpaired) electrons. The maximum absolute atomic E-state index is 12.9. The first-order valence-electron chi connectivity index (χ1n) is 9.53. The Balaban J connectivity index is 1.66. The standard InChI is InChI=1S/C22H18Cl2N4O2S2/c1-13(21(29)25-15-8-5-7-14(23)19(15)24)32-22-27-26-20(18-11-6-12-31-18)28(22)16-9-3-4-10-17(16)30-2/h3-13H,1-2H3,(H,25,29). The number of nitrogens with zero attached hydrogens (tertiary/aromatic N) is 3. The van der Waals surface area contributed by atoms with Gasteiger partial charge in [-0.3, -0.25) is 9.36 Å². The van der Waals surface area contributed by atoms with Crippen molar-refractivity contribution in [3.05, 3.63) is 70.0 Å². The van der Waals surface area contributed by atoms with Crippen molar-refractivity contribution in [2.24, 2.45) is 0 Å². The number of nitrogens with one attached hydrogen (secondary N) is 1. The first kappa shape index (κ1) is 22.7. The second-order valence-corrected chi connectivity index (χ2v) is 9.68. The lowest BCUT2D eigenvalue weighted by atomic mass is 10.3. The molecule has 2 aromatic heterocycles. The number of amides is 1. The van der Waals surface area contributed by atoms with Gasteiger partial charge in [-0.15, -0.1) is 21.5 Å². The minimum atomic E-state index is -0.487. The summed E-state index contributed by atoms with van der Waals surface area (Å²) in [6.07, 6.45) is 0. The van der Waals surface area contributed by atoms with Crippen LogP contribution in [0, 0.1) is 0 Å². The summed E-state index contributed by atoms with van der Waals surface area (Å²) in [5.41, 5.74) is 1.25. The third kappa shape index (κ3) is 4.63. The number of methoxy groups -OCH3 is 1. The number of aromatic nitrogens is 3. The largest absolute Gasteiger partial charge is 0.495 e. The smallest absolute Gasteiger partial charge is 0.237 e. The maximum atomic E-state index is 12.9. The van der Waals surface area contributed by atoms with E-state index >= 15 is 0 Å². The molecule has 4 aromatic rings. The number of rotatable bonds is 7. The van der Waals surface area contributed by atoms with Crippen LogP contribution >= 0.6 is 46.3 Å². The van der Waals surface area contributed by atoms with Crippen molar-refractivity contribution in [2.75, 3.05) is 12.4 Å². The number of carbonyl (C=O) groups excluding carboxylic acids is 1. The number of anilines is 1. The van der Waals surface area contributed by atoms with Gasteiger partial charge in [0.15, 0.2) is 11.0 Å². The average Bonchev–Trinajstić information content (AvgIpc) is 3.46. The van der Waals surface area contributed by atoms with Crippen molar-refractivity contribution in [2.45, 2.75) is 17.3 Å². The van der Waals surface area contributed by atoms with Crippen LogP contribution in [0.3, 0.4) is 0 Å². The van der Waals surface area contributed by atoms with Crippen LogP contribution in [0.2, 0.25) is 10.0 Å². The van der Waals surface area contributed by atoms with Crippen LogP contribution in [0.5, 0.6) is 5.75 Å². The van der Waals surface area contributed by atoms with Crippen LogP contribution in [0.15, 0.2) is 65.1 Å². The molecule has 10 heteroatoms. The molecule has 2 heterocycles. The van der Waals surface area contributed by atoms with Gasteiger partial charge in [0, 0.05) is 0 Å². The molecular formula is C22H18Cl2N4O2S2. The Hall–Kier alpha value is -2.52. The van der Waals surface area contributed by atoms with Crippen molar-refractivity contribution in [3.8, 4) is 22.1 Å². The zero-order chi connectivity index (χ0) is 22.7. The van der Waals surface area contributed by atoms with Crippen LogP contribution in [0.1, 0.15) is 6.92 Å². The lowest BCUT2D eigenvalue weighted by Gasteiger charge is -2.16. The highest BCUT2D eigenvalue weighted by Crippen LogP contribution is 2.36. The van der Waals surface area contributed by atoms with E-state index in [0.717, 1.165) is 10.6 Å². The predicted molar refractivity (Wildman–Crippen MR) is 132 cm³/mol. The van der Waals surface area contributed by atoms with E-state index in [2.05, 4.69) is 15.5 Å². The summed E-state index contributed by atoms with van der Waals surface area (Å²) in [4.78, 5) is 13.8. The topological polar surface area (TPSA) is 69.0 Å². The Kier molecular flexibility index (Phi) is 7.05. The van der Waals surface area contributed by atoms with Crippen LogP contribution in [0.4, 0.5) is 5.69 Å². The fourth-order valence-electron chi connectivity index (χ4n) is 2.99. The molecule has 6 nitrogen and oxygen atoms in total. The zero-order valence-corrected chi connectivity index (χ0v) is 20.2. The van der Waals surface area contributed by atoms with Gasteiger partial charge in [-0.2, -0.15) is 0 Å². The number of para-hydroxylation sites is 2. The molecule has 1 amide bonds. The lowest BCUT2D eigenvalue weighted by Crippen LogP contribution is -2.23. The third-order valence-electron chi connectivity index (χ3n) is 4.56. The zero-order valence-electron chi connectivity index (χ0n) is 17.1. The molecular weight excluding hydrogens is 487 g/mol. The first-order valence-corrected chi connectivity index (χ1v) is 12.1. The predicted octanol–water partition coefficient (Wildman–Crippen LogP) is 6.43. The number of hydrogen-bond donors (Lipinski definition) is 1. The molecule has 1 atom stereocenters. The number of ether oxygens (including phenoxy) is 1. The number of benzene rings is 2. The van der Waals surface area contributed by atoms with Gasteiger partial charge in [-0.1, -0.05) is 59.2 Å². The highest BCUT2D eigenvalue weighted by atomic mass is 35.5. The summed E-state index contributed by atoms with van der Waals surface area (Å²) in [7, 11) is 1.62. The molecule has 0 saturated heterocycles. The molecule has 0 aliphatic heterocycles. The van der Waals surface area contributed by atoms with E-state index in [1.165, 1.54) is 11.8 Å². The summed E-state index contributed by atoms with van der Waals surface area (Å²) in [6, 6.07) is 16.7. The summed E-state index contributed by atoms with van der Waals surface area (Å²) >= 11 is 15.1. The number of carbonyl (C=O) groups is 1. The molecule has 32 heavy (non-hydrogen) atoms. The van der Waals surface area contributed by atoms with Gasteiger partial charge in [0.25, 0.3) is 0 Å². The average molecular weight is 505 g/mol. The van der Waals surface area contributed by atoms with Gasteiger partial charge in [0.05, 0.1) is 38.7 Å². The molecule has 0 saturated carbocycles. The molecule has 164 valence electrons. The Morgan fingerprint density at radius 2 is 1.94 bits per heavy atom. The lowest BCUT2D eigenvalue weighted by molar-refractivity contribution is -0.115. The van der Waals surface area contributed by atoms with Gasteiger partial charge in [-0.05, 0) is 42.6 Å². The van der Waals surface area contributed by atoms with Crippen LogP contribution in [0.25, 0.3) is 16.4 Å². The number of halogens is 2. The van der Waals surface area contributed by atoms with E-state index < -0.39 is 5.25 Å². The monoisotopic (exact) mass is 504 g/mol. The van der Waals surface area contributed by atoms with E-state index in [0.29, 0.717) is 32.5 Å². The summed E-state index contributed by atoms with van der Waals surface area (Å²) in [5, 5.41) is 14.4. The van der Waals surface area contributed by atoms with Gasteiger partial charge >= 0.3 is 0 Å². The second-order valence-electron chi connectivity index (χ2n) is 6.64. The SMILES string of the molecule is COc1ccccc1-n1c(SC(C)C(=O)Nc2cccc(Cl)c2Cl)nnc1-c1cccs1. The number of hydrogen-bond acceptors (Lipinski definition) is 6. The third-order valence-corrected chi connectivity index (χ3v) is 7.29. The molecule has 1 N–H and O–H groups in total. The Morgan fingerprint density at radius 1 is 1.12 bits per heavy atom. The van der Waals surface area contributed by atoms with Crippen molar-refractivity contribution in [1.29, 1.82) is 0 Å². The van der Waals surface area contributed by atoms with E-state index in [9.17, 15) is 4.79 Å². The molecule has 1 unspecified atom stereocenters. The minimum absolute atomic E-state index is 0.230. The van der Waals surface area contributed by atoms with Gasteiger partial charge < -0.3 is 10.1 Å². The molecule has 0 spiro atoms. The van der Waals surface area contributed by atoms with E-state index in [1.807, 2.05) is 46.3 Å².